The summed E-state index contributed by atoms with van der Waals surface area (Å²) in [4.78, 5) is 12.3. The Balaban J connectivity index is 1.93. The average molecular weight is 474 g/mol. The first-order valence-corrected chi connectivity index (χ1v) is 10.9. The molecular formula is C20H21F3N2O6S. The molecule has 0 spiro atoms. The molecule has 0 radical (unpaired) electrons. The standard InChI is InChI=1S/C20H21F3N2O6S/c1-29-14-10-25(5-6-31-11-14)32(27,28)18-7-12(3-4-17(18)30-2)20(26)24-13-8-15(21)19(23)16(22)9-13/h3-4,7-9,14H,5-6,10-11H2,1-2H3,(H,24,26). The maximum Gasteiger partial charge on any atom is 0.255 e. The first-order chi connectivity index (χ1) is 15.2. The zero-order chi connectivity index (χ0) is 23.5. The molecule has 0 aromatic heterocycles. The maximum absolute atomic E-state index is 13.4. The van der Waals surface area contributed by atoms with Crippen LogP contribution < -0.4 is 10.1 Å². The number of carbonyl (C=O) groups excluding carboxylic acids is 1. The number of benzene rings is 2. The third kappa shape index (κ3) is 5.04. The zero-order valence-corrected chi connectivity index (χ0v) is 18.0. The molecule has 1 amide bonds. The van der Waals surface area contributed by atoms with Crippen molar-refractivity contribution in [3.63, 3.8) is 0 Å². The molecule has 2 aromatic carbocycles. The van der Waals surface area contributed by atoms with Crippen LogP contribution in [0.2, 0.25) is 0 Å². The van der Waals surface area contributed by atoms with E-state index in [0.717, 1.165) is 6.07 Å². The summed E-state index contributed by atoms with van der Waals surface area (Å²) >= 11 is 0. The summed E-state index contributed by atoms with van der Waals surface area (Å²) in [5.41, 5.74) is -0.455. The van der Waals surface area contributed by atoms with E-state index in [0.29, 0.717) is 12.1 Å². The van der Waals surface area contributed by atoms with Crippen molar-refractivity contribution in [2.75, 3.05) is 45.8 Å². The number of ether oxygens (including phenoxy) is 3. The fourth-order valence-corrected chi connectivity index (χ4v) is 4.74. The van der Waals surface area contributed by atoms with Gasteiger partial charge in [-0.2, -0.15) is 4.31 Å². The van der Waals surface area contributed by atoms with Gasteiger partial charge in [0.25, 0.3) is 5.91 Å². The molecule has 3 rings (SSSR count). The van der Waals surface area contributed by atoms with Crippen molar-refractivity contribution in [3.8, 4) is 5.75 Å². The molecule has 1 unspecified atom stereocenters. The number of hydrogen-bond donors (Lipinski definition) is 1. The minimum absolute atomic E-state index is 0.000414. The van der Waals surface area contributed by atoms with Gasteiger partial charge in [0.1, 0.15) is 10.6 Å². The van der Waals surface area contributed by atoms with Crippen LogP contribution in [-0.2, 0) is 19.5 Å². The van der Waals surface area contributed by atoms with E-state index in [1.807, 2.05) is 0 Å². The third-order valence-electron chi connectivity index (χ3n) is 4.81. The highest BCUT2D eigenvalue weighted by atomic mass is 32.2. The van der Waals surface area contributed by atoms with Crippen molar-refractivity contribution >= 4 is 21.6 Å². The van der Waals surface area contributed by atoms with Crippen LogP contribution in [0.4, 0.5) is 18.9 Å². The van der Waals surface area contributed by atoms with Gasteiger partial charge >= 0.3 is 0 Å². The molecule has 12 heteroatoms. The number of amides is 1. The number of carbonyl (C=O) groups is 1. The van der Waals surface area contributed by atoms with Crippen molar-refractivity contribution in [3.05, 3.63) is 53.3 Å². The Hall–Kier alpha value is -2.67. The van der Waals surface area contributed by atoms with Crippen LogP contribution in [0.1, 0.15) is 10.4 Å². The lowest BCUT2D eigenvalue weighted by atomic mass is 10.2. The molecule has 1 N–H and O–H groups in total. The molecule has 1 fully saturated rings. The van der Waals surface area contributed by atoms with E-state index < -0.39 is 39.5 Å². The number of rotatable bonds is 6. The van der Waals surface area contributed by atoms with E-state index in [2.05, 4.69) is 5.32 Å². The Morgan fingerprint density at radius 2 is 1.84 bits per heavy atom. The second-order valence-corrected chi connectivity index (χ2v) is 8.78. The van der Waals surface area contributed by atoms with Crippen LogP contribution >= 0.6 is 0 Å². The molecule has 32 heavy (non-hydrogen) atoms. The average Bonchev–Trinajstić information content (AvgIpc) is 3.03. The van der Waals surface area contributed by atoms with E-state index in [-0.39, 0.29) is 48.2 Å². The molecular weight excluding hydrogens is 453 g/mol. The number of sulfonamides is 1. The van der Waals surface area contributed by atoms with Gasteiger partial charge in [-0.3, -0.25) is 4.79 Å². The lowest BCUT2D eigenvalue weighted by Gasteiger charge is -2.23. The van der Waals surface area contributed by atoms with Crippen molar-refractivity contribution < 1.29 is 40.6 Å². The third-order valence-corrected chi connectivity index (χ3v) is 6.70. The molecule has 1 atom stereocenters. The Labute approximate surface area is 182 Å². The second-order valence-electron chi connectivity index (χ2n) is 6.87. The Kier molecular flexibility index (Phi) is 7.39. The summed E-state index contributed by atoms with van der Waals surface area (Å²) in [7, 11) is -1.40. The highest BCUT2D eigenvalue weighted by Crippen LogP contribution is 2.29. The highest BCUT2D eigenvalue weighted by Gasteiger charge is 2.32. The first-order valence-electron chi connectivity index (χ1n) is 9.42. The van der Waals surface area contributed by atoms with Gasteiger partial charge in [-0.25, -0.2) is 21.6 Å². The Bertz CT molecular complexity index is 1090. The monoisotopic (exact) mass is 474 g/mol. The summed E-state index contributed by atoms with van der Waals surface area (Å²) in [5.74, 6) is -5.48. The molecule has 8 nitrogen and oxygen atoms in total. The van der Waals surface area contributed by atoms with Crippen molar-refractivity contribution in [2.24, 2.45) is 0 Å². The molecule has 0 saturated carbocycles. The number of halogens is 3. The SMILES string of the molecule is COc1ccc(C(=O)Nc2cc(F)c(F)c(F)c2)cc1S(=O)(=O)N1CCOCC(OC)C1. The van der Waals surface area contributed by atoms with Gasteiger partial charge in [0.05, 0.1) is 26.4 Å². The summed E-state index contributed by atoms with van der Waals surface area (Å²) < 4.78 is 83.5. The quantitative estimate of drug-likeness (QED) is 0.647. The van der Waals surface area contributed by atoms with Gasteiger partial charge in [0.15, 0.2) is 17.5 Å². The predicted molar refractivity (Wildman–Crippen MR) is 108 cm³/mol. The fraction of sp³-hybridized carbons (Fsp3) is 0.350. The lowest BCUT2D eigenvalue weighted by molar-refractivity contribution is 0.0259. The van der Waals surface area contributed by atoms with Gasteiger partial charge in [-0.05, 0) is 18.2 Å². The molecule has 1 aliphatic rings. The van der Waals surface area contributed by atoms with Crippen LogP contribution in [0.15, 0.2) is 35.2 Å². The largest absolute Gasteiger partial charge is 0.495 e. The molecule has 0 bridgehead atoms. The Morgan fingerprint density at radius 1 is 1.16 bits per heavy atom. The normalized spacial score (nSPS) is 17.6. The molecule has 174 valence electrons. The number of nitrogens with zero attached hydrogens (tertiary/aromatic N) is 1. The summed E-state index contributed by atoms with van der Waals surface area (Å²) in [5, 5.41) is 2.21. The number of methoxy groups -OCH3 is 2. The lowest BCUT2D eigenvalue weighted by Crippen LogP contribution is -2.38. The van der Waals surface area contributed by atoms with E-state index in [1.165, 1.54) is 30.7 Å². The van der Waals surface area contributed by atoms with Crippen LogP contribution in [0, 0.1) is 17.5 Å². The fourth-order valence-electron chi connectivity index (χ4n) is 3.10. The van der Waals surface area contributed by atoms with E-state index in [9.17, 15) is 26.4 Å². The van der Waals surface area contributed by atoms with Crippen molar-refractivity contribution in [1.29, 1.82) is 0 Å². The first kappa shape index (κ1) is 24.0. The maximum atomic E-state index is 13.4. The summed E-state index contributed by atoms with van der Waals surface area (Å²) in [6, 6.07) is 4.88. The minimum atomic E-state index is -4.12. The van der Waals surface area contributed by atoms with Gasteiger partial charge in [-0.1, -0.05) is 0 Å². The van der Waals surface area contributed by atoms with Crippen LogP contribution in [-0.4, -0.2) is 65.3 Å². The second kappa shape index (κ2) is 9.86. The molecule has 1 aliphatic heterocycles. The van der Waals surface area contributed by atoms with Crippen LogP contribution in [0.25, 0.3) is 0 Å². The smallest absolute Gasteiger partial charge is 0.255 e. The minimum Gasteiger partial charge on any atom is -0.495 e. The number of anilines is 1. The van der Waals surface area contributed by atoms with E-state index >= 15 is 0 Å². The van der Waals surface area contributed by atoms with Gasteiger partial charge in [-0.15, -0.1) is 0 Å². The topological polar surface area (TPSA) is 94.2 Å². The number of nitrogens with one attached hydrogen (secondary N) is 1. The van der Waals surface area contributed by atoms with Gasteiger partial charge in [0, 0.05) is 43.6 Å². The van der Waals surface area contributed by atoms with Crippen LogP contribution in [0.3, 0.4) is 0 Å². The molecule has 0 aliphatic carbocycles. The summed E-state index contributed by atoms with van der Waals surface area (Å²) in [6.07, 6.45) is -0.479. The van der Waals surface area contributed by atoms with Crippen molar-refractivity contribution in [2.45, 2.75) is 11.0 Å². The predicted octanol–water partition coefficient (Wildman–Crippen LogP) is 2.40. The summed E-state index contributed by atoms with van der Waals surface area (Å²) in [6.45, 7) is 0.485. The van der Waals surface area contributed by atoms with Gasteiger partial charge in [0.2, 0.25) is 10.0 Å². The Morgan fingerprint density at radius 3 is 2.47 bits per heavy atom. The molecule has 1 heterocycles. The van der Waals surface area contributed by atoms with Gasteiger partial charge < -0.3 is 19.5 Å². The molecule has 1 saturated heterocycles. The number of hydrogen-bond acceptors (Lipinski definition) is 6. The van der Waals surface area contributed by atoms with E-state index in [1.54, 1.807) is 0 Å². The van der Waals surface area contributed by atoms with Crippen molar-refractivity contribution in [1.82, 2.24) is 4.31 Å². The molecule has 2 aromatic rings. The zero-order valence-electron chi connectivity index (χ0n) is 17.2. The van der Waals surface area contributed by atoms with Crippen LogP contribution in [0.5, 0.6) is 5.75 Å². The van der Waals surface area contributed by atoms with E-state index in [4.69, 9.17) is 14.2 Å². The highest BCUT2D eigenvalue weighted by molar-refractivity contribution is 7.89.